The van der Waals surface area contributed by atoms with Crippen molar-refractivity contribution in [1.29, 1.82) is 0 Å². The second kappa shape index (κ2) is 6.52. The average Bonchev–Trinajstić information content (AvgIpc) is 2.21. The molecule has 1 amide bonds. The van der Waals surface area contributed by atoms with Crippen LogP contribution in [0.2, 0.25) is 0 Å². The Kier molecular flexibility index (Phi) is 5.62. The van der Waals surface area contributed by atoms with E-state index in [4.69, 9.17) is 5.73 Å². The molecule has 0 saturated heterocycles. The Morgan fingerprint density at radius 1 is 1.41 bits per heavy atom. The summed E-state index contributed by atoms with van der Waals surface area (Å²) in [4.78, 5) is 11.8. The first-order valence-electron chi connectivity index (χ1n) is 5.41. The van der Waals surface area contributed by atoms with Crippen LogP contribution in [0.15, 0.2) is 27.1 Å². The number of nitrogens with two attached hydrogens (primary N) is 1. The van der Waals surface area contributed by atoms with Crippen LogP contribution in [0.5, 0.6) is 0 Å². The molecule has 5 heteroatoms. The van der Waals surface area contributed by atoms with E-state index in [9.17, 15) is 4.79 Å². The fourth-order valence-electron chi connectivity index (χ4n) is 1.43. The molecule has 0 heterocycles. The zero-order chi connectivity index (χ0) is 13.0. The van der Waals surface area contributed by atoms with Crippen LogP contribution in [-0.2, 0) is 4.79 Å². The highest BCUT2D eigenvalue weighted by atomic mass is 79.9. The molecule has 3 N–H and O–H groups in total. The van der Waals surface area contributed by atoms with E-state index >= 15 is 0 Å². The maximum atomic E-state index is 11.8. The van der Waals surface area contributed by atoms with Gasteiger partial charge in [0.25, 0.3) is 0 Å². The van der Waals surface area contributed by atoms with E-state index in [2.05, 4.69) is 37.2 Å². The van der Waals surface area contributed by atoms with Crippen LogP contribution in [0.4, 0.5) is 5.69 Å². The monoisotopic (exact) mass is 362 g/mol. The molecule has 1 aromatic carbocycles. The number of nitrogens with one attached hydrogen (secondary N) is 1. The number of rotatable bonds is 4. The highest BCUT2D eigenvalue weighted by molar-refractivity contribution is 9.11. The van der Waals surface area contributed by atoms with Crippen LogP contribution in [-0.4, -0.2) is 11.9 Å². The Labute approximate surface area is 118 Å². The third-order valence-corrected chi connectivity index (χ3v) is 3.40. The van der Waals surface area contributed by atoms with Crippen molar-refractivity contribution in [3.8, 4) is 0 Å². The third kappa shape index (κ3) is 4.77. The molecule has 0 saturated carbocycles. The third-order valence-electron chi connectivity index (χ3n) is 2.25. The van der Waals surface area contributed by atoms with E-state index in [1.165, 1.54) is 0 Å². The van der Waals surface area contributed by atoms with Gasteiger partial charge in [0.05, 0.1) is 11.7 Å². The number of anilines is 1. The molecular weight excluding hydrogens is 348 g/mol. The fourth-order valence-corrected chi connectivity index (χ4v) is 2.58. The van der Waals surface area contributed by atoms with E-state index < -0.39 is 6.04 Å². The predicted octanol–water partition coefficient (Wildman–Crippen LogP) is 3.52. The second-order valence-corrected chi connectivity index (χ2v) is 6.12. The molecular formula is C12H16Br2N2O. The molecule has 0 unspecified atom stereocenters. The summed E-state index contributed by atoms with van der Waals surface area (Å²) in [6.45, 7) is 4.09. The van der Waals surface area contributed by atoms with Crippen molar-refractivity contribution in [2.45, 2.75) is 26.3 Å². The number of carbonyl (C=O) groups excluding carboxylic acids is 1. The Balaban J connectivity index is 2.67. The number of carbonyl (C=O) groups is 1. The predicted molar refractivity (Wildman–Crippen MR) is 77.9 cm³/mol. The zero-order valence-electron chi connectivity index (χ0n) is 9.84. The van der Waals surface area contributed by atoms with Gasteiger partial charge in [-0.1, -0.05) is 29.8 Å². The van der Waals surface area contributed by atoms with Crippen LogP contribution < -0.4 is 11.1 Å². The number of halogens is 2. The van der Waals surface area contributed by atoms with Crippen molar-refractivity contribution in [2.75, 3.05) is 5.32 Å². The molecule has 1 rings (SSSR count). The first kappa shape index (κ1) is 14.7. The number of hydrogen-bond acceptors (Lipinski definition) is 2. The van der Waals surface area contributed by atoms with Gasteiger partial charge in [0.2, 0.25) is 5.91 Å². The minimum Gasteiger partial charge on any atom is -0.324 e. The van der Waals surface area contributed by atoms with Crippen LogP contribution in [0.3, 0.4) is 0 Å². The summed E-state index contributed by atoms with van der Waals surface area (Å²) in [5, 5.41) is 2.81. The highest BCUT2D eigenvalue weighted by Gasteiger charge is 2.15. The summed E-state index contributed by atoms with van der Waals surface area (Å²) in [5.41, 5.74) is 6.54. The molecule has 17 heavy (non-hydrogen) atoms. The maximum Gasteiger partial charge on any atom is 0.241 e. The van der Waals surface area contributed by atoms with Crippen LogP contribution >= 0.6 is 31.9 Å². The molecule has 3 nitrogen and oxygen atoms in total. The van der Waals surface area contributed by atoms with Gasteiger partial charge in [-0.3, -0.25) is 4.79 Å². The smallest absolute Gasteiger partial charge is 0.241 e. The van der Waals surface area contributed by atoms with Gasteiger partial charge in [-0.25, -0.2) is 0 Å². The first-order valence-corrected chi connectivity index (χ1v) is 7.00. The molecule has 94 valence electrons. The largest absolute Gasteiger partial charge is 0.324 e. The van der Waals surface area contributed by atoms with Crippen molar-refractivity contribution in [1.82, 2.24) is 0 Å². The molecule has 1 atom stereocenters. The van der Waals surface area contributed by atoms with Crippen LogP contribution in [0.1, 0.15) is 20.3 Å². The summed E-state index contributed by atoms with van der Waals surface area (Å²) >= 11 is 6.75. The molecule has 1 aromatic rings. The highest BCUT2D eigenvalue weighted by Crippen LogP contribution is 2.26. The maximum absolute atomic E-state index is 11.8. The minimum atomic E-state index is -0.467. The van der Waals surface area contributed by atoms with Gasteiger partial charge in [-0.2, -0.15) is 0 Å². The van der Waals surface area contributed by atoms with Gasteiger partial charge in [0.1, 0.15) is 0 Å². The van der Waals surface area contributed by atoms with E-state index in [0.717, 1.165) is 14.6 Å². The van der Waals surface area contributed by atoms with Gasteiger partial charge in [-0.05, 0) is 46.5 Å². The summed E-state index contributed by atoms with van der Waals surface area (Å²) in [6, 6.07) is 5.11. The van der Waals surface area contributed by atoms with Crippen molar-refractivity contribution >= 4 is 43.5 Å². The molecule has 0 fully saturated rings. The quantitative estimate of drug-likeness (QED) is 0.859. The lowest BCUT2D eigenvalue weighted by Crippen LogP contribution is -2.36. The van der Waals surface area contributed by atoms with E-state index in [0.29, 0.717) is 12.3 Å². The molecule has 0 aliphatic carbocycles. The van der Waals surface area contributed by atoms with Crippen molar-refractivity contribution in [3.05, 3.63) is 27.1 Å². The fraction of sp³-hybridized carbons (Fsp3) is 0.417. The Morgan fingerprint density at radius 3 is 2.59 bits per heavy atom. The second-order valence-electron chi connectivity index (χ2n) is 4.35. The molecule has 0 aliphatic heterocycles. The lowest BCUT2D eigenvalue weighted by molar-refractivity contribution is -0.117. The summed E-state index contributed by atoms with van der Waals surface area (Å²) in [5.74, 6) is 0.255. The number of amides is 1. The van der Waals surface area contributed by atoms with Gasteiger partial charge in [0, 0.05) is 8.95 Å². The Morgan fingerprint density at radius 2 is 2.06 bits per heavy atom. The van der Waals surface area contributed by atoms with Crippen LogP contribution in [0, 0.1) is 5.92 Å². The van der Waals surface area contributed by atoms with Gasteiger partial charge in [-0.15, -0.1) is 0 Å². The summed E-state index contributed by atoms with van der Waals surface area (Å²) in [7, 11) is 0. The van der Waals surface area contributed by atoms with Gasteiger partial charge < -0.3 is 11.1 Å². The molecule has 0 spiro atoms. The minimum absolute atomic E-state index is 0.151. The topological polar surface area (TPSA) is 55.1 Å². The van der Waals surface area contributed by atoms with E-state index in [1.807, 2.05) is 32.0 Å². The summed E-state index contributed by atoms with van der Waals surface area (Å²) < 4.78 is 1.78. The van der Waals surface area contributed by atoms with E-state index in [1.54, 1.807) is 0 Å². The first-order chi connectivity index (χ1) is 7.90. The van der Waals surface area contributed by atoms with Gasteiger partial charge in [0.15, 0.2) is 0 Å². The zero-order valence-corrected chi connectivity index (χ0v) is 13.0. The van der Waals surface area contributed by atoms with Crippen molar-refractivity contribution < 1.29 is 4.79 Å². The molecule has 0 aliphatic rings. The lowest BCUT2D eigenvalue weighted by Gasteiger charge is -2.15. The Bertz CT molecular complexity index is 407. The Hall–Kier alpha value is -0.390. The average molecular weight is 364 g/mol. The van der Waals surface area contributed by atoms with E-state index in [-0.39, 0.29) is 5.91 Å². The molecule has 0 radical (unpaired) electrons. The van der Waals surface area contributed by atoms with Gasteiger partial charge >= 0.3 is 0 Å². The number of hydrogen-bond donors (Lipinski definition) is 2. The summed E-state index contributed by atoms with van der Waals surface area (Å²) in [6.07, 6.45) is 0.681. The van der Waals surface area contributed by atoms with Crippen molar-refractivity contribution in [2.24, 2.45) is 11.7 Å². The van der Waals surface area contributed by atoms with Crippen LogP contribution in [0.25, 0.3) is 0 Å². The molecule has 0 aromatic heterocycles. The SMILES string of the molecule is CC(C)C[C@H](N)C(=O)Nc1ccc(Br)cc1Br. The lowest BCUT2D eigenvalue weighted by atomic mass is 10.0. The normalized spacial score (nSPS) is 12.6. The molecule has 0 bridgehead atoms. The number of benzene rings is 1. The van der Waals surface area contributed by atoms with Crippen molar-refractivity contribution in [3.63, 3.8) is 0 Å². The standard InChI is InChI=1S/C12H16Br2N2O/c1-7(2)5-10(15)12(17)16-11-4-3-8(13)6-9(11)14/h3-4,6-7,10H,5,15H2,1-2H3,(H,16,17)/t10-/m0/s1.